The molecule has 0 radical (unpaired) electrons. The van der Waals surface area contributed by atoms with Gasteiger partial charge in [-0.3, -0.25) is 14.6 Å². The highest BCUT2D eigenvalue weighted by Gasteiger charge is 2.14. The maximum atomic E-state index is 12.0. The van der Waals surface area contributed by atoms with E-state index < -0.39 is 11.8 Å². The number of rotatable bonds is 8. The van der Waals surface area contributed by atoms with E-state index >= 15 is 0 Å². The van der Waals surface area contributed by atoms with E-state index in [0.29, 0.717) is 23.8 Å². The number of aliphatic imine (C=N–C) groups is 1. The van der Waals surface area contributed by atoms with Gasteiger partial charge >= 0.3 is 11.8 Å². The van der Waals surface area contributed by atoms with E-state index in [2.05, 4.69) is 15.6 Å². The predicted molar refractivity (Wildman–Crippen MR) is 130 cm³/mol. The molecule has 170 valence electrons. The molecule has 0 saturated heterocycles. The van der Waals surface area contributed by atoms with E-state index in [-0.39, 0.29) is 6.54 Å². The van der Waals surface area contributed by atoms with Crippen LogP contribution in [0.1, 0.15) is 17.1 Å². The standard InChI is InChI=1S/C27H23N3O4/c31-26(27(32)30-22-9-5-2-6-10-22)29-18-25-16-15-24(34-25)17-28-21-11-13-23(14-12-21)33-19-20-7-3-1-4-8-20/h1-17H,18-19H2,(H,29,31)(H,30,32). The molecule has 0 unspecified atom stereocenters. The first-order chi connectivity index (χ1) is 16.7. The quantitative estimate of drug-likeness (QED) is 0.294. The Morgan fingerprint density at radius 3 is 2.26 bits per heavy atom. The van der Waals surface area contributed by atoms with Crippen molar-refractivity contribution in [2.45, 2.75) is 13.2 Å². The fourth-order valence-corrected chi connectivity index (χ4v) is 3.02. The first kappa shape index (κ1) is 22.5. The van der Waals surface area contributed by atoms with Crippen molar-refractivity contribution in [1.29, 1.82) is 0 Å². The Bertz CT molecular complexity index is 1250. The molecule has 34 heavy (non-hydrogen) atoms. The summed E-state index contributed by atoms with van der Waals surface area (Å²) < 4.78 is 11.4. The fourth-order valence-electron chi connectivity index (χ4n) is 3.02. The lowest BCUT2D eigenvalue weighted by atomic mass is 10.2. The number of benzene rings is 3. The monoisotopic (exact) mass is 453 g/mol. The molecular weight excluding hydrogens is 430 g/mol. The largest absolute Gasteiger partial charge is 0.489 e. The number of hydrogen-bond donors (Lipinski definition) is 2. The molecule has 0 spiro atoms. The lowest BCUT2D eigenvalue weighted by molar-refractivity contribution is -0.136. The van der Waals surface area contributed by atoms with Crippen LogP contribution in [0.15, 0.2) is 106 Å². The first-order valence-electron chi connectivity index (χ1n) is 10.7. The topological polar surface area (TPSA) is 92.9 Å². The number of ether oxygens (including phenoxy) is 1. The van der Waals surface area contributed by atoms with Crippen LogP contribution in [0.3, 0.4) is 0 Å². The van der Waals surface area contributed by atoms with Gasteiger partial charge in [-0.25, -0.2) is 0 Å². The average Bonchev–Trinajstić information content (AvgIpc) is 3.34. The van der Waals surface area contributed by atoms with Crippen molar-refractivity contribution in [1.82, 2.24) is 5.32 Å². The van der Waals surface area contributed by atoms with Crippen LogP contribution in [0.4, 0.5) is 11.4 Å². The fraction of sp³-hybridized carbons (Fsp3) is 0.0741. The maximum absolute atomic E-state index is 12.0. The van der Waals surface area contributed by atoms with Gasteiger partial charge < -0.3 is 19.8 Å². The van der Waals surface area contributed by atoms with Crippen LogP contribution in [0, 0.1) is 0 Å². The second kappa shape index (κ2) is 11.3. The van der Waals surface area contributed by atoms with Gasteiger partial charge in [0.05, 0.1) is 18.4 Å². The zero-order valence-electron chi connectivity index (χ0n) is 18.3. The molecule has 0 fully saturated rings. The molecule has 7 heteroatoms. The van der Waals surface area contributed by atoms with Crippen LogP contribution in [-0.2, 0) is 22.7 Å². The van der Waals surface area contributed by atoms with Crippen LogP contribution in [0.25, 0.3) is 0 Å². The molecule has 0 bridgehead atoms. The van der Waals surface area contributed by atoms with Gasteiger partial charge in [0.1, 0.15) is 23.9 Å². The normalized spacial score (nSPS) is 10.7. The molecule has 1 heterocycles. The Balaban J connectivity index is 1.24. The molecule has 0 saturated carbocycles. The summed E-state index contributed by atoms with van der Waals surface area (Å²) in [7, 11) is 0. The summed E-state index contributed by atoms with van der Waals surface area (Å²) in [6.45, 7) is 0.589. The molecule has 0 atom stereocenters. The van der Waals surface area contributed by atoms with Gasteiger partial charge in [-0.15, -0.1) is 0 Å². The number of anilines is 1. The van der Waals surface area contributed by atoms with Crippen molar-refractivity contribution >= 4 is 29.4 Å². The summed E-state index contributed by atoms with van der Waals surface area (Å²) in [6.07, 6.45) is 1.59. The zero-order valence-corrected chi connectivity index (χ0v) is 18.3. The molecule has 0 aliphatic heterocycles. The zero-order chi connectivity index (χ0) is 23.6. The van der Waals surface area contributed by atoms with E-state index in [1.165, 1.54) is 0 Å². The Morgan fingerprint density at radius 1 is 0.824 bits per heavy atom. The van der Waals surface area contributed by atoms with Crippen LogP contribution in [-0.4, -0.2) is 18.0 Å². The maximum Gasteiger partial charge on any atom is 0.313 e. The van der Waals surface area contributed by atoms with Gasteiger partial charge in [0.15, 0.2) is 0 Å². The van der Waals surface area contributed by atoms with Crippen molar-refractivity contribution in [2.24, 2.45) is 4.99 Å². The summed E-state index contributed by atoms with van der Waals surface area (Å²) in [5.41, 5.74) is 2.40. The van der Waals surface area contributed by atoms with Crippen molar-refractivity contribution in [3.05, 3.63) is 114 Å². The highest BCUT2D eigenvalue weighted by molar-refractivity contribution is 6.39. The molecule has 1 aromatic heterocycles. The summed E-state index contributed by atoms with van der Waals surface area (Å²) in [5, 5.41) is 5.06. The van der Waals surface area contributed by atoms with Gasteiger partial charge in [0.2, 0.25) is 0 Å². The van der Waals surface area contributed by atoms with Crippen LogP contribution in [0.2, 0.25) is 0 Å². The number of furan rings is 1. The molecule has 2 N–H and O–H groups in total. The van der Waals surface area contributed by atoms with Crippen molar-refractivity contribution in [3.63, 3.8) is 0 Å². The lowest BCUT2D eigenvalue weighted by Crippen LogP contribution is -2.34. The van der Waals surface area contributed by atoms with Crippen LogP contribution in [0.5, 0.6) is 5.75 Å². The van der Waals surface area contributed by atoms with Gasteiger partial charge in [-0.1, -0.05) is 48.5 Å². The second-order valence-electron chi connectivity index (χ2n) is 7.33. The molecule has 4 rings (SSSR count). The highest BCUT2D eigenvalue weighted by Crippen LogP contribution is 2.19. The molecular formula is C27H23N3O4. The van der Waals surface area contributed by atoms with Gasteiger partial charge in [0, 0.05) is 5.69 Å². The number of carbonyl (C=O) groups is 2. The van der Waals surface area contributed by atoms with E-state index in [1.54, 1.807) is 42.6 Å². The Kier molecular flexibility index (Phi) is 7.48. The summed E-state index contributed by atoms with van der Waals surface area (Å²) in [5.74, 6) is 0.310. The van der Waals surface area contributed by atoms with Crippen LogP contribution < -0.4 is 15.4 Å². The molecule has 2 amide bonds. The number of para-hydroxylation sites is 1. The Hall–Kier alpha value is -4.65. The molecule has 0 aliphatic carbocycles. The summed E-state index contributed by atoms with van der Waals surface area (Å²) >= 11 is 0. The third kappa shape index (κ3) is 6.67. The number of carbonyl (C=O) groups excluding carboxylic acids is 2. The van der Waals surface area contributed by atoms with Gasteiger partial charge in [-0.2, -0.15) is 0 Å². The smallest absolute Gasteiger partial charge is 0.313 e. The second-order valence-corrected chi connectivity index (χ2v) is 7.33. The minimum Gasteiger partial charge on any atom is -0.489 e. The minimum atomic E-state index is -0.745. The first-order valence-corrected chi connectivity index (χ1v) is 10.7. The number of nitrogens with zero attached hydrogens (tertiary/aromatic N) is 1. The molecule has 3 aromatic carbocycles. The van der Waals surface area contributed by atoms with Crippen molar-refractivity contribution < 1.29 is 18.7 Å². The lowest BCUT2D eigenvalue weighted by Gasteiger charge is -2.06. The number of hydrogen-bond acceptors (Lipinski definition) is 5. The van der Waals surface area contributed by atoms with E-state index in [4.69, 9.17) is 9.15 Å². The SMILES string of the molecule is O=C(NCc1ccc(C=Nc2ccc(OCc3ccccc3)cc2)o1)C(=O)Nc1ccccc1. The van der Waals surface area contributed by atoms with E-state index in [0.717, 1.165) is 17.0 Å². The van der Waals surface area contributed by atoms with Crippen molar-refractivity contribution in [2.75, 3.05) is 5.32 Å². The number of amides is 2. The minimum absolute atomic E-state index is 0.0856. The van der Waals surface area contributed by atoms with Gasteiger partial charge in [-0.05, 0) is 54.1 Å². The average molecular weight is 453 g/mol. The molecule has 7 nitrogen and oxygen atoms in total. The highest BCUT2D eigenvalue weighted by atomic mass is 16.5. The third-order valence-corrected chi connectivity index (χ3v) is 4.77. The Labute approximate surface area is 197 Å². The van der Waals surface area contributed by atoms with Crippen molar-refractivity contribution in [3.8, 4) is 5.75 Å². The van der Waals surface area contributed by atoms with Gasteiger partial charge in [0.25, 0.3) is 0 Å². The number of nitrogens with one attached hydrogen (secondary N) is 2. The molecule has 0 aliphatic rings. The Morgan fingerprint density at radius 2 is 1.53 bits per heavy atom. The third-order valence-electron chi connectivity index (χ3n) is 4.77. The summed E-state index contributed by atoms with van der Waals surface area (Å²) in [4.78, 5) is 28.3. The molecule has 4 aromatic rings. The van der Waals surface area contributed by atoms with E-state index in [9.17, 15) is 9.59 Å². The predicted octanol–water partition coefficient (Wildman–Crippen LogP) is 4.86. The summed E-state index contributed by atoms with van der Waals surface area (Å²) in [6, 6.07) is 29.6. The van der Waals surface area contributed by atoms with E-state index in [1.807, 2.05) is 60.7 Å². The van der Waals surface area contributed by atoms with Crippen LogP contribution >= 0.6 is 0 Å².